The molecule has 7 nitrogen and oxygen atoms in total. The summed E-state index contributed by atoms with van der Waals surface area (Å²) in [6.07, 6.45) is 0. The van der Waals surface area contributed by atoms with Crippen LogP contribution in [0.15, 0.2) is 42.5 Å². The number of carbonyl (C=O) groups is 1. The minimum absolute atomic E-state index is 0.135. The average Bonchev–Trinajstić information content (AvgIpc) is 3.16. The molecule has 0 unspecified atom stereocenters. The Morgan fingerprint density at radius 2 is 1.90 bits per heavy atom. The molecule has 0 radical (unpaired) electrons. The number of fused-ring (bicyclic) bond motifs is 1. The number of benzene rings is 2. The number of carbonyl (C=O) groups excluding carboxylic acids is 1. The summed E-state index contributed by atoms with van der Waals surface area (Å²) in [7, 11) is -3.27. The second kappa shape index (κ2) is 7.77. The van der Waals surface area contributed by atoms with Gasteiger partial charge in [0.1, 0.15) is 11.6 Å². The molecule has 0 bridgehead atoms. The number of rotatable bonds is 5. The molecule has 0 atom stereocenters. The molecule has 2 heterocycles. The zero-order valence-corrected chi connectivity index (χ0v) is 18.0. The molecule has 1 aliphatic heterocycles. The largest absolute Gasteiger partial charge is 0.484 e. The third-order valence-corrected chi connectivity index (χ3v) is 6.73. The fourth-order valence-corrected chi connectivity index (χ4v) is 4.98. The first-order chi connectivity index (χ1) is 14.2. The van der Waals surface area contributed by atoms with Crippen LogP contribution < -0.4 is 10.1 Å². The molecule has 9 heteroatoms. The van der Waals surface area contributed by atoms with Gasteiger partial charge in [0, 0.05) is 10.6 Å². The van der Waals surface area contributed by atoms with Gasteiger partial charge in [0.25, 0.3) is 5.91 Å². The van der Waals surface area contributed by atoms with Gasteiger partial charge in [-0.1, -0.05) is 23.7 Å². The van der Waals surface area contributed by atoms with Crippen molar-refractivity contribution in [2.24, 2.45) is 0 Å². The molecule has 1 aromatic heterocycles. The molecule has 0 saturated carbocycles. The summed E-state index contributed by atoms with van der Waals surface area (Å²) in [5, 5.41) is 7.88. The lowest BCUT2D eigenvalue weighted by Gasteiger charge is -2.14. The number of hydrogen-bond acceptors (Lipinski definition) is 5. The van der Waals surface area contributed by atoms with Gasteiger partial charge >= 0.3 is 0 Å². The molecule has 1 amide bonds. The van der Waals surface area contributed by atoms with Crippen molar-refractivity contribution < 1.29 is 17.9 Å². The van der Waals surface area contributed by atoms with Crippen molar-refractivity contribution in [1.29, 1.82) is 0 Å². The molecule has 156 valence electrons. The van der Waals surface area contributed by atoms with E-state index in [1.807, 2.05) is 32.0 Å². The lowest BCUT2D eigenvalue weighted by Crippen LogP contribution is -2.23. The summed E-state index contributed by atoms with van der Waals surface area (Å²) in [5.41, 5.74) is 3.84. The summed E-state index contributed by atoms with van der Waals surface area (Å²) in [4.78, 5) is 12.6. The van der Waals surface area contributed by atoms with E-state index < -0.39 is 15.7 Å². The first-order valence-corrected chi connectivity index (χ1v) is 11.5. The summed E-state index contributed by atoms with van der Waals surface area (Å²) >= 11 is 5.85. The Morgan fingerprint density at radius 1 is 1.17 bits per heavy atom. The van der Waals surface area contributed by atoms with E-state index in [9.17, 15) is 13.2 Å². The number of ether oxygens (including phenoxy) is 1. The second-order valence-corrected chi connectivity index (χ2v) is 9.73. The van der Waals surface area contributed by atoms with Crippen LogP contribution in [0, 0.1) is 13.8 Å². The van der Waals surface area contributed by atoms with Crippen molar-refractivity contribution in [2.75, 3.05) is 11.9 Å². The molecule has 3 aromatic rings. The Hall–Kier alpha value is -2.84. The molecule has 30 heavy (non-hydrogen) atoms. The van der Waals surface area contributed by atoms with Crippen molar-refractivity contribution in [3.05, 3.63) is 69.9 Å². The highest BCUT2D eigenvalue weighted by atomic mass is 35.5. The number of halogens is 1. The topological polar surface area (TPSA) is 90.3 Å². The van der Waals surface area contributed by atoms with E-state index in [1.54, 1.807) is 28.9 Å². The van der Waals surface area contributed by atoms with E-state index in [4.69, 9.17) is 16.3 Å². The number of amides is 1. The van der Waals surface area contributed by atoms with E-state index >= 15 is 0 Å². The van der Waals surface area contributed by atoms with Crippen LogP contribution in [0.25, 0.3) is 5.69 Å². The van der Waals surface area contributed by atoms with Crippen LogP contribution in [0.5, 0.6) is 5.75 Å². The molecular formula is C21H20ClN3O4S. The van der Waals surface area contributed by atoms with Crippen LogP contribution in [0.1, 0.15) is 22.4 Å². The third kappa shape index (κ3) is 4.06. The van der Waals surface area contributed by atoms with Crippen molar-refractivity contribution in [3.63, 3.8) is 0 Å². The SMILES string of the molecule is Cc1cccc(-n2nc3c(c2NC(=O)COc2ccc(Cl)cc2)CS(=O)(=O)C3)c1C. The lowest BCUT2D eigenvalue weighted by molar-refractivity contribution is -0.118. The Labute approximate surface area is 179 Å². The van der Waals surface area contributed by atoms with Gasteiger partial charge < -0.3 is 10.1 Å². The van der Waals surface area contributed by atoms with Crippen LogP contribution in [0.3, 0.4) is 0 Å². The maximum Gasteiger partial charge on any atom is 0.263 e. The molecule has 1 N–H and O–H groups in total. The molecule has 0 saturated heterocycles. The van der Waals surface area contributed by atoms with Crippen LogP contribution >= 0.6 is 11.6 Å². The van der Waals surface area contributed by atoms with Crippen LogP contribution in [-0.2, 0) is 26.1 Å². The van der Waals surface area contributed by atoms with Crippen molar-refractivity contribution in [3.8, 4) is 11.4 Å². The normalized spacial score (nSPS) is 14.4. The van der Waals surface area contributed by atoms with Crippen molar-refractivity contribution in [1.82, 2.24) is 9.78 Å². The molecule has 0 spiro atoms. The molecule has 0 aliphatic carbocycles. The monoisotopic (exact) mass is 445 g/mol. The maximum atomic E-state index is 12.6. The smallest absolute Gasteiger partial charge is 0.263 e. The molecule has 1 aliphatic rings. The molecule has 4 rings (SSSR count). The summed E-state index contributed by atoms with van der Waals surface area (Å²) in [6.45, 7) is 3.71. The van der Waals surface area contributed by atoms with E-state index in [0.29, 0.717) is 27.8 Å². The van der Waals surface area contributed by atoms with Gasteiger partial charge in [-0.3, -0.25) is 4.79 Å². The number of nitrogens with one attached hydrogen (secondary N) is 1. The fraction of sp³-hybridized carbons (Fsp3) is 0.238. The van der Waals surface area contributed by atoms with E-state index in [2.05, 4.69) is 10.4 Å². The highest BCUT2D eigenvalue weighted by Gasteiger charge is 2.33. The number of sulfone groups is 1. The molecule has 0 fully saturated rings. The highest BCUT2D eigenvalue weighted by molar-refractivity contribution is 7.90. The fourth-order valence-electron chi connectivity index (χ4n) is 3.36. The average molecular weight is 446 g/mol. The van der Waals surface area contributed by atoms with Crippen molar-refractivity contribution in [2.45, 2.75) is 25.4 Å². The van der Waals surface area contributed by atoms with Gasteiger partial charge in [-0.2, -0.15) is 5.10 Å². The first-order valence-electron chi connectivity index (χ1n) is 9.29. The van der Waals surface area contributed by atoms with Crippen LogP contribution in [0.2, 0.25) is 5.02 Å². The van der Waals surface area contributed by atoms with Gasteiger partial charge in [-0.05, 0) is 55.3 Å². The third-order valence-electron chi connectivity index (χ3n) is 5.03. The number of aromatic nitrogens is 2. The van der Waals surface area contributed by atoms with Crippen LogP contribution in [-0.4, -0.2) is 30.7 Å². The van der Waals surface area contributed by atoms with Gasteiger partial charge in [0.2, 0.25) is 0 Å². The molecular weight excluding hydrogens is 426 g/mol. The molecule has 2 aromatic carbocycles. The standard InChI is InChI=1S/C21H20ClN3O4S/c1-13-4-3-5-19(14(13)2)25-21(17-11-30(27,28)12-18(17)24-25)23-20(26)10-29-16-8-6-15(22)7-9-16/h3-9H,10-12H2,1-2H3,(H,23,26). The summed E-state index contributed by atoms with van der Waals surface area (Å²) in [5.74, 6) is 0.170. The number of hydrogen-bond donors (Lipinski definition) is 1. The Morgan fingerprint density at radius 3 is 2.63 bits per heavy atom. The minimum Gasteiger partial charge on any atom is -0.484 e. The van der Waals surface area contributed by atoms with Crippen LogP contribution in [0.4, 0.5) is 5.82 Å². The highest BCUT2D eigenvalue weighted by Crippen LogP contribution is 2.34. The lowest BCUT2D eigenvalue weighted by atomic mass is 10.1. The second-order valence-electron chi connectivity index (χ2n) is 7.23. The van der Waals surface area contributed by atoms with Gasteiger partial charge in [-0.25, -0.2) is 13.1 Å². The number of anilines is 1. The van der Waals surface area contributed by atoms with Gasteiger partial charge in [-0.15, -0.1) is 0 Å². The van der Waals surface area contributed by atoms with Gasteiger partial charge in [0.05, 0.1) is 22.9 Å². The quantitative estimate of drug-likeness (QED) is 0.648. The predicted octanol–water partition coefficient (Wildman–Crippen LogP) is 3.59. The van der Waals surface area contributed by atoms with E-state index in [1.165, 1.54) is 0 Å². The number of nitrogens with zero attached hydrogens (tertiary/aromatic N) is 2. The minimum atomic E-state index is -3.27. The Kier molecular flexibility index (Phi) is 5.29. The van der Waals surface area contributed by atoms with Gasteiger partial charge in [0.15, 0.2) is 16.4 Å². The number of aryl methyl sites for hydroxylation is 1. The summed E-state index contributed by atoms with van der Waals surface area (Å²) in [6, 6.07) is 12.4. The van der Waals surface area contributed by atoms with E-state index in [-0.39, 0.29) is 18.1 Å². The summed E-state index contributed by atoms with van der Waals surface area (Å²) < 4.78 is 31.3. The Bertz CT molecular complexity index is 1230. The van der Waals surface area contributed by atoms with E-state index in [0.717, 1.165) is 16.8 Å². The zero-order valence-electron chi connectivity index (χ0n) is 16.5. The maximum absolute atomic E-state index is 12.6. The zero-order chi connectivity index (χ0) is 21.5. The first kappa shape index (κ1) is 20.4. The predicted molar refractivity (Wildman–Crippen MR) is 115 cm³/mol. The van der Waals surface area contributed by atoms with Crippen molar-refractivity contribution >= 4 is 33.2 Å². The Balaban J connectivity index is 1.63.